The lowest BCUT2D eigenvalue weighted by Crippen LogP contribution is -2.16. The molecule has 0 amide bonds. The van der Waals surface area contributed by atoms with E-state index in [1.807, 2.05) is 7.05 Å². The molecule has 1 aromatic carbocycles. The van der Waals surface area contributed by atoms with Gasteiger partial charge in [-0.15, -0.1) is 11.8 Å². The van der Waals surface area contributed by atoms with E-state index >= 15 is 0 Å². The van der Waals surface area contributed by atoms with Crippen LogP contribution >= 0.6 is 11.8 Å². The maximum absolute atomic E-state index is 3.27. The topological polar surface area (TPSA) is 12.0 Å². The van der Waals surface area contributed by atoms with Gasteiger partial charge in [-0.3, -0.25) is 0 Å². The van der Waals surface area contributed by atoms with E-state index in [9.17, 15) is 0 Å². The molecule has 1 nitrogen and oxygen atoms in total. The van der Waals surface area contributed by atoms with Crippen molar-refractivity contribution in [3.8, 4) is 0 Å². The third-order valence-electron chi connectivity index (χ3n) is 2.53. The maximum Gasteiger partial charge on any atom is 0.0424 e. The number of hydrogen-bond acceptors (Lipinski definition) is 2. The van der Waals surface area contributed by atoms with Gasteiger partial charge in [0.05, 0.1) is 0 Å². The van der Waals surface area contributed by atoms with Crippen LogP contribution in [0.15, 0.2) is 30.3 Å². The number of benzene rings is 1. The van der Waals surface area contributed by atoms with Crippen LogP contribution in [0.4, 0.5) is 0 Å². The van der Waals surface area contributed by atoms with Crippen LogP contribution in [0, 0.1) is 0 Å². The smallest absolute Gasteiger partial charge is 0.0424 e. The van der Waals surface area contributed by atoms with Gasteiger partial charge >= 0.3 is 0 Å². The first kappa shape index (κ1) is 12.6. The summed E-state index contributed by atoms with van der Waals surface area (Å²) in [6, 6.07) is 10.8. The van der Waals surface area contributed by atoms with Crippen LogP contribution in [0.25, 0.3) is 0 Å². The summed E-state index contributed by atoms with van der Waals surface area (Å²) >= 11 is 2.06. The quantitative estimate of drug-likeness (QED) is 0.792. The lowest BCUT2D eigenvalue weighted by Gasteiger charge is -2.20. The zero-order valence-electron chi connectivity index (χ0n) is 9.86. The highest BCUT2D eigenvalue weighted by Crippen LogP contribution is 2.32. The average molecular weight is 223 g/mol. The summed E-state index contributed by atoms with van der Waals surface area (Å²) in [7, 11) is 2.02. The van der Waals surface area contributed by atoms with Gasteiger partial charge in [0.25, 0.3) is 0 Å². The van der Waals surface area contributed by atoms with E-state index in [1.54, 1.807) is 0 Å². The molecule has 0 heterocycles. The van der Waals surface area contributed by atoms with Crippen LogP contribution in [0.2, 0.25) is 0 Å². The van der Waals surface area contributed by atoms with Gasteiger partial charge in [0, 0.05) is 17.0 Å². The molecule has 0 aliphatic heterocycles. The number of nitrogens with one attached hydrogen (secondary N) is 1. The van der Waals surface area contributed by atoms with Gasteiger partial charge < -0.3 is 5.32 Å². The molecule has 0 aliphatic carbocycles. The van der Waals surface area contributed by atoms with Gasteiger partial charge in [-0.2, -0.15) is 0 Å². The van der Waals surface area contributed by atoms with Crippen molar-refractivity contribution in [3.63, 3.8) is 0 Å². The number of likely N-dealkylation sites (N-methyl/N-ethyl adjacent to an activating group) is 1. The Morgan fingerprint density at radius 3 is 2.47 bits per heavy atom. The first-order chi connectivity index (χ1) is 7.27. The Labute approximate surface area is 97.7 Å². The molecule has 0 aliphatic rings. The summed E-state index contributed by atoms with van der Waals surface area (Å²) in [6.07, 6.45) is 1.23. The average Bonchev–Trinajstić information content (AvgIpc) is 2.29. The summed E-state index contributed by atoms with van der Waals surface area (Å²) in [5.41, 5.74) is 1.43. The van der Waals surface area contributed by atoms with E-state index in [0.717, 1.165) is 11.8 Å². The molecule has 1 N–H and O–H groups in total. The minimum absolute atomic E-state index is 0.575. The first-order valence-corrected chi connectivity index (χ1v) is 6.57. The predicted molar refractivity (Wildman–Crippen MR) is 70.5 cm³/mol. The molecule has 15 heavy (non-hydrogen) atoms. The molecule has 0 spiro atoms. The van der Waals surface area contributed by atoms with Gasteiger partial charge in [0.2, 0.25) is 0 Å². The lowest BCUT2D eigenvalue weighted by molar-refractivity contribution is 0.769. The summed E-state index contributed by atoms with van der Waals surface area (Å²) in [6.45, 7) is 5.59. The van der Waals surface area contributed by atoms with Crippen molar-refractivity contribution in [2.24, 2.45) is 0 Å². The van der Waals surface area contributed by atoms with Crippen molar-refractivity contribution >= 4 is 11.8 Å². The van der Waals surface area contributed by atoms with Crippen molar-refractivity contribution in [1.82, 2.24) is 5.32 Å². The largest absolute Gasteiger partial charge is 0.318 e. The zero-order valence-corrected chi connectivity index (χ0v) is 10.7. The van der Waals surface area contributed by atoms with Crippen LogP contribution in [0.1, 0.15) is 31.1 Å². The van der Waals surface area contributed by atoms with Crippen molar-refractivity contribution in [3.05, 3.63) is 35.9 Å². The maximum atomic E-state index is 3.27. The van der Waals surface area contributed by atoms with Crippen molar-refractivity contribution in [2.75, 3.05) is 13.6 Å². The highest BCUT2D eigenvalue weighted by Gasteiger charge is 2.13. The Hall–Kier alpha value is -0.470. The van der Waals surface area contributed by atoms with Crippen LogP contribution in [0.3, 0.4) is 0 Å². The SMILES string of the molecule is CCC(C)SC(CNC)c1ccccc1. The Bertz CT molecular complexity index is 260. The Morgan fingerprint density at radius 2 is 1.93 bits per heavy atom. The fourth-order valence-electron chi connectivity index (χ4n) is 1.47. The van der Waals surface area contributed by atoms with E-state index in [2.05, 4.69) is 61.3 Å². The summed E-state index contributed by atoms with van der Waals surface area (Å²) in [4.78, 5) is 0. The second-order valence-electron chi connectivity index (χ2n) is 3.81. The van der Waals surface area contributed by atoms with E-state index in [-0.39, 0.29) is 0 Å². The highest BCUT2D eigenvalue weighted by molar-refractivity contribution is 8.00. The summed E-state index contributed by atoms with van der Waals surface area (Å²) < 4.78 is 0. The van der Waals surface area contributed by atoms with Crippen molar-refractivity contribution < 1.29 is 0 Å². The van der Waals surface area contributed by atoms with Gasteiger partial charge in [0.1, 0.15) is 0 Å². The van der Waals surface area contributed by atoms with E-state index in [4.69, 9.17) is 0 Å². The first-order valence-electron chi connectivity index (χ1n) is 5.63. The second kappa shape index (κ2) is 6.91. The molecular formula is C13H21NS. The van der Waals surface area contributed by atoms with E-state index < -0.39 is 0 Å². The molecule has 0 fully saturated rings. The molecule has 0 bridgehead atoms. The third-order valence-corrected chi connectivity index (χ3v) is 4.10. The van der Waals surface area contributed by atoms with Crippen molar-refractivity contribution in [1.29, 1.82) is 0 Å². The van der Waals surface area contributed by atoms with E-state index in [1.165, 1.54) is 12.0 Å². The normalized spacial score (nSPS) is 14.9. The Morgan fingerprint density at radius 1 is 1.27 bits per heavy atom. The molecule has 2 atom stereocenters. The minimum atomic E-state index is 0.575. The molecule has 84 valence electrons. The monoisotopic (exact) mass is 223 g/mol. The summed E-state index contributed by atoms with van der Waals surface area (Å²) in [5.74, 6) is 0. The Kier molecular flexibility index (Phi) is 5.81. The highest BCUT2D eigenvalue weighted by atomic mass is 32.2. The molecule has 0 radical (unpaired) electrons. The zero-order chi connectivity index (χ0) is 11.1. The van der Waals surface area contributed by atoms with Crippen LogP contribution < -0.4 is 5.32 Å². The standard InChI is InChI=1S/C13H21NS/c1-4-11(2)15-13(10-14-3)12-8-6-5-7-9-12/h5-9,11,13-14H,4,10H2,1-3H3. The van der Waals surface area contributed by atoms with Crippen LogP contribution in [0.5, 0.6) is 0 Å². The summed E-state index contributed by atoms with van der Waals surface area (Å²) in [5, 5.41) is 4.58. The minimum Gasteiger partial charge on any atom is -0.318 e. The number of rotatable bonds is 6. The van der Waals surface area contributed by atoms with Gasteiger partial charge in [0.15, 0.2) is 0 Å². The fraction of sp³-hybridized carbons (Fsp3) is 0.538. The van der Waals surface area contributed by atoms with Crippen LogP contribution in [-0.4, -0.2) is 18.8 Å². The number of thioether (sulfide) groups is 1. The lowest BCUT2D eigenvalue weighted by atomic mass is 10.1. The Balaban J connectivity index is 2.65. The molecule has 1 aromatic rings. The predicted octanol–water partition coefficient (Wildman–Crippen LogP) is 3.48. The van der Waals surface area contributed by atoms with Crippen LogP contribution in [-0.2, 0) is 0 Å². The fourth-order valence-corrected chi connectivity index (χ4v) is 2.80. The molecule has 0 saturated carbocycles. The third kappa shape index (κ3) is 4.27. The second-order valence-corrected chi connectivity index (χ2v) is 5.46. The molecular weight excluding hydrogens is 202 g/mol. The van der Waals surface area contributed by atoms with Gasteiger partial charge in [-0.05, 0) is 19.0 Å². The molecule has 0 saturated heterocycles. The van der Waals surface area contributed by atoms with Crippen molar-refractivity contribution in [2.45, 2.75) is 30.8 Å². The molecule has 2 heteroatoms. The van der Waals surface area contributed by atoms with E-state index in [0.29, 0.717) is 5.25 Å². The van der Waals surface area contributed by atoms with Gasteiger partial charge in [-0.25, -0.2) is 0 Å². The molecule has 0 aromatic heterocycles. The number of hydrogen-bond donors (Lipinski definition) is 1. The molecule has 2 unspecified atom stereocenters. The molecule has 1 rings (SSSR count). The van der Waals surface area contributed by atoms with Gasteiger partial charge in [-0.1, -0.05) is 44.2 Å².